The van der Waals surface area contributed by atoms with Gasteiger partial charge in [0.2, 0.25) is 0 Å². The Morgan fingerprint density at radius 1 is 1.19 bits per heavy atom. The standard InChI is InChI=1S/C23H24N4O3S2/c1-3-32(29,30)19-9-5-8-18(15-19)22(28)27(13-6-12-26-14-11-24-16-26)23-25-21-17(2)7-4-10-20(21)31-23/h4-5,7-11,14-16H,3,6,12-13H2,1-2H3. The number of para-hydroxylation sites is 1. The summed E-state index contributed by atoms with van der Waals surface area (Å²) in [5.41, 5.74) is 2.26. The summed E-state index contributed by atoms with van der Waals surface area (Å²) >= 11 is 1.46. The molecule has 0 spiro atoms. The van der Waals surface area contributed by atoms with Crippen LogP contribution in [0.1, 0.15) is 29.3 Å². The third kappa shape index (κ3) is 4.58. The number of aryl methyl sites for hydroxylation is 2. The second-order valence-electron chi connectivity index (χ2n) is 7.46. The molecule has 166 valence electrons. The van der Waals surface area contributed by atoms with Crippen LogP contribution in [-0.2, 0) is 16.4 Å². The van der Waals surface area contributed by atoms with E-state index < -0.39 is 9.84 Å². The number of carbonyl (C=O) groups is 1. The average Bonchev–Trinajstić information content (AvgIpc) is 3.47. The minimum atomic E-state index is -3.41. The van der Waals surface area contributed by atoms with E-state index in [1.807, 2.05) is 35.9 Å². The zero-order valence-corrected chi connectivity index (χ0v) is 19.6. The van der Waals surface area contributed by atoms with Crippen LogP contribution in [0.4, 0.5) is 5.13 Å². The summed E-state index contributed by atoms with van der Waals surface area (Å²) in [7, 11) is -3.41. The second-order valence-corrected chi connectivity index (χ2v) is 10.7. The first-order chi connectivity index (χ1) is 15.4. The number of aromatic nitrogens is 3. The van der Waals surface area contributed by atoms with Gasteiger partial charge in [-0.15, -0.1) is 0 Å². The minimum absolute atomic E-state index is 0.0175. The topological polar surface area (TPSA) is 85.2 Å². The summed E-state index contributed by atoms with van der Waals surface area (Å²) in [5, 5.41) is 0.605. The van der Waals surface area contributed by atoms with Gasteiger partial charge in [-0.25, -0.2) is 18.4 Å². The van der Waals surface area contributed by atoms with E-state index in [9.17, 15) is 13.2 Å². The van der Waals surface area contributed by atoms with Gasteiger partial charge in [-0.1, -0.05) is 36.5 Å². The molecule has 0 saturated heterocycles. The van der Waals surface area contributed by atoms with E-state index in [2.05, 4.69) is 4.98 Å². The van der Waals surface area contributed by atoms with Gasteiger partial charge in [0.15, 0.2) is 15.0 Å². The van der Waals surface area contributed by atoms with E-state index in [-0.39, 0.29) is 16.6 Å². The molecule has 0 aliphatic heterocycles. The molecule has 0 atom stereocenters. The summed E-state index contributed by atoms with van der Waals surface area (Å²) in [6.07, 6.45) is 6.04. The maximum absolute atomic E-state index is 13.5. The molecule has 0 saturated carbocycles. The average molecular weight is 469 g/mol. The van der Waals surface area contributed by atoms with Gasteiger partial charge in [0.1, 0.15) is 0 Å². The molecule has 2 aromatic carbocycles. The van der Waals surface area contributed by atoms with Gasteiger partial charge >= 0.3 is 0 Å². The molecule has 2 aromatic heterocycles. The summed E-state index contributed by atoms with van der Waals surface area (Å²) in [5.74, 6) is -0.281. The van der Waals surface area contributed by atoms with Gasteiger partial charge in [0, 0.05) is 31.0 Å². The van der Waals surface area contributed by atoms with Crippen LogP contribution in [0.3, 0.4) is 0 Å². The number of thiazole rings is 1. The van der Waals surface area contributed by atoms with Gasteiger partial charge in [-0.3, -0.25) is 9.69 Å². The van der Waals surface area contributed by atoms with Gasteiger partial charge < -0.3 is 4.57 Å². The number of anilines is 1. The lowest BCUT2D eigenvalue weighted by molar-refractivity contribution is 0.0986. The number of nitrogens with zero attached hydrogens (tertiary/aromatic N) is 4. The van der Waals surface area contributed by atoms with Crippen molar-refractivity contribution < 1.29 is 13.2 Å². The highest BCUT2D eigenvalue weighted by molar-refractivity contribution is 7.91. The Bertz CT molecular complexity index is 1340. The fourth-order valence-corrected chi connectivity index (χ4v) is 5.44. The molecule has 0 aliphatic carbocycles. The van der Waals surface area contributed by atoms with Gasteiger partial charge in [0.05, 0.1) is 27.2 Å². The Hall–Kier alpha value is -3.04. The van der Waals surface area contributed by atoms with E-state index in [0.29, 0.717) is 30.2 Å². The molecular formula is C23H24N4O3S2. The number of hydrogen-bond acceptors (Lipinski definition) is 6. The van der Waals surface area contributed by atoms with Crippen LogP contribution in [0.2, 0.25) is 0 Å². The fourth-order valence-electron chi connectivity index (χ4n) is 3.45. The Kier molecular flexibility index (Phi) is 6.38. The van der Waals surface area contributed by atoms with Crippen LogP contribution in [0.25, 0.3) is 10.2 Å². The molecule has 4 rings (SSSR count). The lowest BCUT2D eigenvalue weighted by atomic mass is 10.2. The first kappa shape index (κ1) is 22.2. The Balaban J connectivity index is 1.68. The summed E-state index contributed by atoms with van der Waals surface area (Å²) in [6, 6.07) is 12.2. The monoisotopic (exact) mass is 468 g/mol. The molecule has 0 unspecified atom stereocenters. The number of fused-ring (bicyclic) bond motifs is 1. The van der Waals surface area contributed by atoms with E-state index in [0.717, 1.165) is 15.8 Å². The predicted molar refractivity (Wildman–Crippen MR) is 127 cm³/mol. The smallest absolute Gasteiger partial charge is 0.260 e. The maximum atomic E-state index is 13.5. The number of carbonyl (C=O) groups excluding carboxylic acids is 1. The van der Waals surface area contributed by atoms with E-state index in [1.165, 1.54) is 23.5 Å². The van der Waals surface area contributed by atoms with Crippen LogP contribution >= 0.6 is 11.3 Å². The highest BCUT2D eigenvalue weighted by Gasteiger charge is 2.23. The molecule has 0 radical (unpaired) electrons. The van der Waals surface area contributed by atoms with Crippen molar-refractivity contribution in [2.75, 3.05) is 17.2 Å². The normalized spacial score (nSPS) is 11.7. The number of benzene rings is 2. The van der Waals surface area contributed by atoms with Crippen molar-refractivity contribution in [2.24, 2.45) is 0 Å². The van der Waals surface area contributed by atoms with Crippen LogP contribution in [0.5, 0.6) is 0 Å². The van der Waals surface area contributed by atoms with Crippen molar-refractivity contribution in [3.63, 3.8) is 0 Å². The molecule has 9 heteroatoms. The summed E-state index contributed by atoms with van der Waals surface area (Å²) in [4.78, 5) is 24.2. The van der Waals surface area contributed by atoms with E-state index in [4.69, 9.17) is 4.98 Å². The highest BCUT2D eigenvalue weighted by atomic mass is 32.2. The van der Waals surface area contributed by atoms with Gasteiger partial charge in [0.25, 0.3) is 5.91 Å². The zero-order valence-electron chi connectivity index (χ0n) is 17.9. The predicted octanol–water partition coefficient (Wildman–Crippen LogP) is 4.33. The maximum Gasteiger partial charge on any atom is 0.260 e. The molecule has 0 bridgehead atoms. The van der Waals surface area contributed by atoms with E-state index >= 15 is 0 Å². The van der Waals surface area contributed by atoms with Crippen molar-refractivity contribution in [1.82, 2.24) is 14.5 Å². The summed E-state index contributed by atoms with van der Waals surface area (Å²) in [6.45, 7) is 4.74. The Morgan fingerprint density at radius 2 is 2.00 bits per heavy atom. The fraction of sp³-hybridized carbons (Fsp3) is 0.261. The minimum Gasteiger partial charge on any atom is -0.337 e. The third-order valence-corrected chi connectivity index (χ3v) is 8.04. The highest BCUT2D eigenvalue weighted by Crippen LogP contribution is 2.31. The lowest BCUT2D eigenvalue weighted by Crippen LogP contribution is -2.32. The van der Waals surface area contributed by atoms with Crippen molar-refractivity contribution in [3.8, 4) is 0 Å². The molecule has 7 nitrogen and oxygen atoms in total. The number of rotatable bonds is 8. The second kappa shape index (κ2) is 9.22. The molecule has 32 heavy (non-hydrogen) atoms. The lowest BCUT2D eigenvalue weighted by Gasteiger charge is -2.20. The first-order valence-corrected chi connectivity index (χ1v) is 12.8. The van der Waals surface area contributed by atoms with E-state index in [1.54, 1.807) is 36.5 Å². The number of imidazole rings is 1. The van der Waals surface area contributed by atoms with Crippen LogP contribution in [0, 0.1) is 6.92 Å². The molecule has 1 amide bonds. The van der Waals surface area contributed by atoms with Crippen molar-refractivity contribution in [1.29, 1.82) is 0 Å². The number of hydrogen-bond donors (Lipinski definition) is 0. The van der Waals surface area contributed by atoms with Crippen LogP contribution in [-0.4, -0.2) is 41.2 Å². The molecule has 0 N–H and O–H groups in total. The quantitative estimate of drug-likeness (QED) is 0.384. The summed E-state index contributed by atoms with van der Waals surface area (Å²) < 4.78 is 27.6. The van der Waals surface area contributed by atoms with Gasteiger partial charge in [-0.2, -0.15) is 0 Å². The van der Waals surface area contributed by atoms with Crippen molar-refractivity contribution >= 4 is 42.4 Å². The first-order valence-electron chi connectivity index (χ1n) is 10.4. The molecule has 4 aromatic rings. The van der Waals surface area contributed by atoms with Crippen LogP contribution in [0.15, 0.2) is 66.1 Å². The molecule has 0 fully saturated rings. The SMILES string of the molecule is CCS(=O)(=O)c1cccc(C(=O)N(CCCn2ccnc2)c2nc3c(C)cccc3s2)c1. The Labute approximate surface area is 191 Å². The third-order valence-electron chi connectivity index (χ3n) is 5.26. The van der Waals surface area contributed by atoms with Gasteiger partial charge in [-0.05, 0) is 43.2 Å². The van der Waals surface area contributed by atoms with Crippen LogP contribution < -0.4 is 4.90 Å². The largest absolute Gasteiger partial charge is 0.337 e. The van der Waals surface area contributed by atoms with Crippen molar-refractivity contribution in [3.05, 3.63) is 72.3 Å². The van der Waals surface area contributed by atoms with Crippen molar-refractivity contribution in [2.45, 2.75) is 31.7 Å². The zero-order chi connectivity index (χ0) is 22.7. The molecule has 2 heterocycles. The number of amides is 1. The molecule has 0 aliphatic rings. The molecular weight excluding hydrogens is 444 g/mol. The Morgan fingerprint density at radius 3 is 2.72 bits per heavy atom. The number of sulfone groups is 1.